The highest BCUT2D eigenvalue weighted by Gasteiger charge is 2.05. The van der Waals surface area contributed by atoms with Crippen LogP contribution >= 0.6 is 0 Å². The average molecular weight is 179 g/mol. The molecule has 0 bridgehead atoms. The van der Waals surface area contributed by atoms with Gasteiger partial charge in [-0.15, -0.1) is 0 Å². The first-order valence-electron chi connectivity index (χ1n) is 3.95. The third-order valence-corrected chi connectivity index (χ3v) is 1.54. The zero-order chi connectivity index (χ0) is 9.68. The Balaban J connectivity index is 2.82. The number of anilines is 1. The number of nitrogens with zero attached hydrogens (tertiary/aromatic N) is 2. The largest absolute Gasteiger partial charge is 0.364 e. The Hall–Kier alpha value is -1.63. The Morgan fingerprint density at radius 2 is 2.54 bits per heavy atom. The number of alkyl halides is 1. The molecule has 1 rings (SSSR count). The lowest BCUT2D eigenvalue weighted by atomic mass is 10.2. The quantitative estimate of drug-likeness (QED) is 0.768. The van der Waals surface area contributed by atoms with Crippen LogP contribution in [0.3, 0.4) is 0 Å². The Bertz CT molecular complexity index is 319. The SMILES string of the molecule is CC(CF)Nc1ncccc1C#N. The van der Waals surface area contributed by atoms with E-state index in [1.54, 1.807) is 25.3 Å². The minimum absolute atomic E-state index is 0.318. The summed E-state index contributed by atoms with van der Waals surface area (Å²) in [4.78, 5) is 3.94. The van der Waals surface area contributed by atoms with Gasteiger partial charge in [0.15, 0.2) is 0 Å². The summed E-state index contributed by atoms with van der Waals surface area (Å²) in [6, 6.07) is 4.97. The summed E-state index contributed by atoms with van der Waals surface area (Å²) in [5.74, 6) is 0.440. The van der Waals surface area contributed by atoms with Crippen LogP contribution in [0.4, 0.5) is 10.2 Å². The predicted molar refractivity (Wildman–Crippen MR) is 48.0 cm³/mol. The molecule has 1 aromatic heterocycles. The summed E-state index contributed by atoms with van der Waals surface area (Å²) < 4.78 is 12.1. The summed E-state index contributed by atoms with van der Waals surface area (Å²) in [6.45, 7) is 1.21. The van der Waals surface area contributed by atoms with E-state index in [4.69, 9.17) is 5.26 Å². The molecule has 1 N–H and O–H groups in total. The Kier molecular flexibility index (Phi) is 3.21. The highest BCUT2D eigenvalue weighted by molar-refractivity contribution is 5.51. The van der Waals surface area contributed by atoms with E-state index in [1.807, 2.05) is 6.07 Å². The van der Waals surface area contributed by atoms with Crippen molar-refractivity contribution in [1.29, 1.82) is 5.26 Å². The molecule has 13 heavy (non-hydrogen) atoms. The smallest absolute Gasteiger partial charge is 0.144 e. The van der Waals surface area contributed by atoms with Crippen LogP contribution in [0, 0.1) is 11.3 Å². The van der Waals surface area contributed by atoms with Crippen molar-refractivity contribution >= 4 is 5.82 Å². The Morgan fingerprint density at radius 3 is 3.15 bits per heavy atom. The van der Waals surface area contributed by atoms with Crippen LogP contribution in [0.15, 0.2) is 18.3 Å². The molecule has 0 aromatic carbocycles. The first-order chi connectivity index (χ1) is 6.27. The molecule has 0 amide bonds. The van der Waals surface area contributed by atoms with Crippen molar-refractivity contribution in [2.75, 3.05) is 12.0 Å². The van der Waals surface area contributed by atoms with Gasteiger partial charge < -0.3 is 5.32 Å². The molecule has 0 fully saturated rings. The minimum Gasteiger partial charge on any atom is -0.364 e. The van der Waals surface area contributed by atoms with Gasteiger partial charge in [-0.05, 0) is 19.1 Å². The predicted octanol–water partition coefficient (Wildman–Crippen LogP) is 1.72. The number of hydrogen-bond acceptors (Lipinski definition) is 3. The molecule has 1 unspecified atom stereocenters. The molecule has 0 spiro atoms. The van der Waals surface area contributed by atoms with Crippen molar-refractivity contribution < 1.29 is 4.39 Å². The van der Waals surface area contributed by atoms with Crippen molar-refractivity contribution in [1.82, 2.24) is 4.98 Å². The maximum atomic E-state index is 12.1. The van der Waals surface area contributed by atoms with E-state index in [1.165, 1.54) is 0 Å². The van der Waals surface area contributed by atoms with Crippen LogP contribution in [0.25, 0.3) is 0 Å². The van der Waals surface area contributed by atoms with Gasteiger partial charge in [0.25, 0.3) is 0 Å². The highest BCUT2D eigenvalue weighted by atomic mass is 19.1. The lowest BCUT2D eigenvalue weighted by Gasteiger charge is -2.10. The summed E-state index contributed by atoms with van der Waals surface area (Å²) in [7, 11) is 0. The summed E-state index contributed by atoms with van der Waals surface area (Å²) in [5, 5.41) is 11.5. The Labute approximate surface area is 76.2 Å². The average Bonchev–Trinajstić information content (AvgIpc) is 2.18. The molecule has 68 valence electrons. The van der Waals surface area contributed by atoms with Gasteiger partial charge in [-0.25, -0.2) is 9.37 Å². The van der Waals surface area contributed by atoms with Gasteiger partial charge >= 0.3 is 0 Å². The van der Waals surface area contributed by atoms with Crippen molar-refractivity contribution in [3.8, 4) is 6.07 Å². The lowest BCUT2D eigenvalue weighted by molar-refractivity contribution is 0.459. The fraction of sp³-hybridized carbons (Fsp3) is 0.333. The molecule has 4 heteroatoms. The van der Waals surface area contributed by atoms with E-state index in [9.17, 15) is 4.39 Å². The standard InChI is InChI=1S/C9H10FN3/c1-7(5-10)13-9-8(6-11)3-2-4-12-9/h2-4,7H,5H2,1H3,(H,12,13). The van der Waals surface area contributed by atoms with Crippen LogP contribution in [-0.4, -0.2) is 17.7 Å². The van der Waals surface area contributed by atoms with Crippen molar-refractivity contribution in [2.45, 2.75) is 13.0 Å². The number of aromatic nitrogens is 1. The molecule has 0 saturated carbocycles. The topological polar surface area (TPSA) is 48.7 Å². The summed E-state index contributed by atoms with van der Waals surface area (Å²) >= 11 is 0. The van der Waals surface area contributed by atoms with E-state index in [2.05, 4.69) is 10.3 Å². The second kappa shape index (κ2) is 4.41. The van der Waals surface area contributed by atoms with E-state index < -0.39 is 6.67 Å². The molecular formula is C9H10FN3. The fourth-order valence-electron chi connectivity index (χ4n) is 0.883. The molecule has 0 saturated heterocycles. The molecular weight excluding hydrogens is 169 g/mol. The van der Waals surface area contributed by atoms with Crippen LogP contribution in [0.1, 0.15) is 12.5 Å². The highest BCUT2D eigenvalue weighted by Crippen LogP contribution is 2.10. The van der Waals surface area contributed by atoms with Crippen molar-refractivity contribution in [3.05, 3.63) is 23.9 Å². The second-order valence-corrected chi connectivity index (χ2v) is 2.71. The summed E-state index contributed by atoms with van der Waals surface area (Å²) in [5.41, 5.74) is 0.433. The Morgan fingerprint density at radius 1 is 1.77 bits per heavy atom. The van der Waals surface area contributed by atoms with Crippen LogP contribution in [-0.2, 0) is 0 Å². The molecule has 1 heterocycles. The van der Waals surface area contributed by atoms with E-state index >= 15 is 0 Å². The molecule has 1 atom stereocenters. The van der Waals surface area contributed by atoms with E-state index in [0.717, 1.165) is 0 Å². The first-order valence-corrected chi connectivity index (χ1v) is 3.95. The van der Waals surface area contributed by atoms with Crippen LogP contribution in [0.5, 0.6) is 0 Å². The van der Waals surface area contributed by atoms with E-state index in [0.29, 0.717) is 11.4 Å². The van der Waals surface area contributed by atoms with Gasteiger partial charge in [0, 0.05) is 6.20 Å². The number of hydrogen-bond donors (Lipinski definition) is 1. The molecule has 3 nitrogen and oxygen atoms in total. The number of pyridine rings is 1. The van der Waals surface area contributed by atoms with Gasteiger partial charge in [0.2, 0.25) is 0 Å². The molecule has 0 aliphatic carbocycles. The van der Waals surface area contributed by atoms with Crippen molar-refractivity contribution in [2.24, 2.45) is 0 Å². The number of nitrogens with one attached hydrogen (secondary N) is 1. The number of rotatable bonds is 3. The van der Waals surface area contributed by atoms with E-state index in [-0.39, 0.29) is 6.04 Å². The zero-order valence-electron chi connectivity index (χ0n) is 7.29. The van der Waals surface area contributed by atoms with Gasteiger partial charge in [-0.3, -0.25) is 0 Å². The first kappa shape index (κ1) is 9.46. The maximum Gasteiger partial charge on any atom is 0.144 e. The monoisotopic (exact) mass is 179 g/mol. The summed E-state index contributed by atoms with van der Waals surface area (Å²) in [6.07, 6.45) is 1.56. The normalized spacial score (nSPS) is 11.8. The fourth-order valence-corrected chi connectivity index (χ4v) is 0.883. The molecule has 0 radical (unpaired) electrons. The van der Waals surface area contributed by atoms with Crippen molar-refractivity contribution in [3.63, 3.8) is 0 Å². The third kappa shape index (κ3) is 2.41. The molecule has 0 aliphatic rings. The third-order valence-electron chi connectivity index (χ3n) is 1.54. The van der Waals surface area contributed by atoms with Gasteiger partial charge in [0.05, 0.1) is 11.6 Å². The molecule has 1 aromatic rings. The second-order valence-electron chi connectivity index (χ2n) is 2.71. The van der Waals surface area contributed by atoms with Gasteiger partial charge in [0.1, 0.15) is 18.6 Å². The van der Waals surface area contributed by atoms with Crippen LogP contribution < -0.4 is 5.32 Å². The number of halogens is 1. The molecule has 0 aliphatic heterocycles. The number of nitriles is 1. The van der Waals surface area contributed by atoms with Gasteiger partial charge in [-0.2, -0.15) is 5.26 Å². The maximum absolute atomic E-state index is 12.1. The zero-order valence-corrected chi connectivity index (χ0v) is 7.29. The van der Waals surface area contributed by atoms with Gasteiger partial charge in [-0.1, -0.05) is 0 Å². The minimum atomic E-state index is -0.485. The lowest BCUT2D eigenvalue weighted by Crippen LogP contribution is -2.18. The van der Waals surface area contributed by atoms with Crippen LogP contribution in [0.2, 0.25) is 0 Å².